The van der Waals surface area contributed by atoms with Crippen LogP contribution in [-0.4, -0.2) is 21.7 Å². The summed E-state index contributed by atoms with van der Waals surface area (Å²) in [5.74, 6) is 0.157. The van der Waals surface area contributed by atoms with E-state index in [1.165, 1.54) is 19.3 Å². The maximum Gasteiger partial charge on any atom is 0.222 e. The first-order chi connectivity index (χ1) is 8.65. The number of hydrogen-bond acceptors (Lipinski definition) is 2. The molecule has 18 heavy (non-hydrogen) atoms. The smallest absolute Gasteiger partial charge is 0.222 e. The van der Waals surface area contributed by atoms with Gasteiger partial charge >= 0.3 is 0 Å². The second-order valence-corrected chi connectivity index (χ2v) is 6.14. The lowest BCUT2D eigenvalue weighted by molar-refractivity contribution is -0.122. The number of aromatic nitrogens is 2. The fourth-order valence-corrected chi connectivity index (χ4v) is 2.80. The molecule has 4 nitrogen and oxygen atoms in total. The number of nitrogens with zero attached hydrogens (tertiary/aromatic N) is 2. The lowest BCUT2D eigenvalue weighted by atomic mass is 9.95. The minimum absolute atomic E-state index is 0.157. The van der Waals surface area contributed by atoms with Crippen LogP contribution in [0.1, 0.15) is 44.2 Å². The summed E-state index contributed by atoms with van der Waals surface area (Å²) in [6, 6.07) is 0.408. The number of hydrogen-bond donors (Lipinski definition) is 1. The average molecular weight is 361 g/mol. The molecule has 100 valence electrons. The van der Waals surface area contributed by atoms with E-state index in [0.717, 1.165) is 22.1 Å². The summed E-state index contributed by atoms with van der Waals surface area (Å²) in [6.07, 6.45) is 8.62. The van der Waals surface area contributed by atoms with Crippen LogP contribution in [0, 0.1) is 10.5 Å². The molecule has 1 saturated carbocycles. The molecule has 0 saturated heterocycles. The summed E-state index contributed by atoms with van der Waals surface area (Å²) < 4.78 is 3.01. The second-order valence-electron chi connectivity index (χ2n) is 4.98. The molecule has 0 spiro atoms. The van der Waals surface area contributed by atoms with Gasteiger partial charge in [-0.15, -0.1) is 0 Å². The standard InChI is InChI=1S/C13H20IN3O/c1-10-12(14)9-17(16-10)8-7-13(18)15-11-5-3-2-4-6-11/h9,11H,2-8H2,1H3,(H,15,18). The van der Waals surface area contributed by atoms with Crippen molar-refractivity contribution in [2.75, 3.05) is 0 Å². The topological polar surface area (TPSA) is 46.9 Å². The van der Waals surface area contributed by atoms with Crippen molar-refractivity contribution >= 4 is 28.5 Å². The summed E-state index contributed by atoms with van der Waals surface area (Å²) in [5, 5.41) is 7.49. The highest BCUT2D eigenvalue weighted by Crippen LogP contribution is 2.17. The van der Waals surface area contributed by atoms with Gasteiger partial charge in [-0.05, 0) is 42.4 Å². The van der Waals surface area contributed by atoms with Gasteiger partial charge in [0.25, 0.3) is 0 Å². The van der Waals surface area contributed by atoms with Crippen LogP contribution in [0.4, 0.5) is 0 Å². The normalized spacial score (nSPS) is 16.8. The summed E-state index contributed by atoms with van der Waals surface area (Å²) in [6.45, 7) is 2.66. The zero-order valence-electron chi connectivity index (χ0n) is 10.8. The fourth-order valence-electron chi connectivity index (χ4n) is 2.37. The first-order valence-electron chi connectivity index (χ1n) is 6.64. The highest BCUT2D eigenvalue weighted by atomic mass is 127. The molecular weight excluding hydrogens is 341 g/mol. The number of amides is 1. The van der Waals surface area contributed by atoms with Crippen molar-refractivity contribution in [1.82, 2.24) is 15.1 Å². The van der Waals surface area contributed by atoms with Gasteiger partial charge in [-0.25, -0.2) is 0 Å². The second kappa shape index (κ2) is 6.54. The van der Waals surface area contributed by atoms with Crippen LogP contribution < -0.4 is 5.32 Å². The Balaban J connectivity index is 1.74. The van der Waals surface area contributed by atoms with E-state index < -0.39 is 0 Å². The number of nitrogens with one attached hydrogen (secondary N) is 1. The largest absolute Gasteiger partial charge is 0.353 e. The van der Waals surface area contributed by atoms with Gasteiger partial charge < -0.3 is 5.32 Å². The predicted octanol–water partition coefficient (Wildman–Crippen LogP) is 2.64. The summed E-state index contributed by atoms with van der Waals surface area (Å²) >= 11 is 2.26. The van der Waals surface area contributed by atoms with Gasteiger partial charge in [0.05, 0.1) is 9.26 Å². The number of rotatable bonds is 4. The number of halogens is 1. The average Bonchev–Trinajstić information content (AvgIpc) is 2.68. The Morgan fingerprint density at radius 2 is 2.22 bits per heavy atom. The SMILES string of the molecule is Cc1nn(CCC(=O)NC2CCCCC2)cc1I. The molecular formula is C13H20IN3O. The molecule has 1 aliphatic rings. The first kappa shape index (κ1) is 13.8. The van der Waals surface area contributed by atoms with Crippen molar-refractivity contribution in [3.8, 4) is 0 Å². The van der Waals surface area contributed by atoms with Gasteiger partial charge in [0.2, 0.25) is 5.91 Å². The summed E-state index contributed by atoms with van der Waals surface area (Å²) in [5.41, 5.74) is 1.03. The molecule has 1 aliphatic carbocycles. The third kappa shape index (κ3) is 3.96. The van der Waals surface area contributed by atoms with E-state index in [1.807, 2.05) is 17.8 Å². The van der Waals surface area contributed by atoms with Crippen LogP contribution in [0.5, 0.6) is 0 Å². The van der Waals surface area contributed by atoms with Gasteiger partial charge in [-0.2, -0.15) is 5.10 Å². The molecule has 0 radical (unpaired) electrons. The molecule has 1 N–H and O–H groups in total. The van der Waals surface area contributed by atoms with Gasteiger partial charge in [0, 0.05) is 25.2 Å². The monoisotopic (exact) mass is 361 g/mol. The molecule has 0 atom stereocenters. The van der Waals surface area contributed by atoms with Crippen LogP contribution in [0.25, 0.3) is 0 Å². The van der Waals surface area contributed by atoms with E-state index in [-0.39, 0.29) is 5.91 Å². The Morgan fingerprint density at radius 3 is 2.83 bits per heavy atom. The van der Waals surface area contributed by atoms with Crippen molar-refractivity contribution in [1.29, 1.82) is 0 Å². The summed E-state index contributed by atoms with van der Waals surface area (Å²) in [7, 11) is 0. The lowest BCUT2D eigenvalue weighted by Crippen LogP contribution is -2.36. The van der Waals surface area contributed by atoms with E-state index in [0.29, 0.717) is 19.0 Å². The zero-order valence-corrected chi connectivity index (χ0v) is 12.9. The third-order valence-electron chi connectivity index (χ3n) is 3.42. The fraction of sp³-hybridized carbons (Fsp3) is 0.692. The van der Waals surface area contributed by atoms with Crippen molar-refractivity contribution in [2.45, 2.75) is 58.0 Å². The molecule has 0 aromatic carbocycles. The van der Waals surface area contributed by atoms with Crippen molar-refractivity contribution in [2.24, 2.45) is 0 Å². The molecule has 1 amide bonds. The maximum absolute atomic E-state index is 11.8. The Hall–Kier alpha value is -0.590. The molecule has 1 aromatic heterocycles. The first-order valence-corrected chi connectivity index (χ1v) is 7.72. The van der Waals surface area contributed by atoms with Crippen LogP contribution in [0.15, 0.2) is 6.20 Å². The van der Waals surface area contributed by atoms with Crippen molar-refractivity contribution in [3.63, 3.8) is 0 Å². The number of carbonyl (C=O) groups excluding carboxylic acids is 1. The van der Waals surface area contributed by atoms with E-state index in [1.54, 1.807) is 0 Å². The highest BCUT2D eigenvalue weighted by molar-refractivity contribution is 14.1. The van der Waals surface area contributed by atoms with E-state index in [9.17, 15) is 4.79 Å². The Bertz CT molecular complexity index is 391. The Morgan fingerprint density at radius 1 is 1.50 bits per heavy atom. The number of carbonyl (C=O) groups is 1. The quantitative estimate of drug-likeness (QED) is 0.839. The van der Waals surface area contributed by atoms with Crippen molar-refractivity contribution in [3.05, 3.63) is 15.5 Å². The lowest BCUT2D eigenvalue weighted by Gasteiger charge is -2.22. The molecule has 2 rings (SSSR count). The third-order valence-corrected chi connectivity index (χ3v) is 4.48. The van der Waals surface area contributed by atoms with Gasteiger partial charge in [-0.3, -0.25) is 9.48 Å². The molecule has 0 aliphatic heterocycles. The zero-order chi connectivity index (χ0) is 13.0. The molecule has 1 aromatic rings. The Labute approximate surface area is 122 Å². The van der Waals surface area contributed by atoms with Crippen LogP contribution >= 0.6 is 22.6 Å². The predicted molar refractivity (Wildman–Crippen MR) is 79.3 cm³/mol. The van der Waals surface area contributed by atoms with Gasteiger partial charge in [0.1, 0.15) is 0 Å². The van der Waals surface area contributed by atoms with E-state index in [4.69, 9.17) is 0 Å². The minimum Gasteiger partial charge on any atom is -0.353 e. The van der Waals surface area contributed by atoms with Crippen LogP contribution in [0.2, 0.25) is 0 Å². The van der Waals surface area contributed by atoms with Gasteiger partial charge in [0.15, 0.2) is 0 Å². The number of aryl methyl sites for hydroxylation is 2. The van der Waals surface area contributed by atoms with Crippen LogP contribution in [0.3, 0.4) is 0 Å². The van der Waals surface area contributed by atoms with Crippen molar-refractivity contribution < 1.29 is 4.79 Å². The van der Waals surface area contributed by atoms with E-state index >= 15 is 0 Å². The molecule has 1 heterocycles. The maximum atomic E-state index is 11.8. The molecule has 0 unspecified atom stereocenters. The van der Waals surface area contributed by atoms with Gasteiger partial charge in [-0.1, -0.05) is 19.3 Å². The highest BCUT2D eigenvalue weighted by Gasteiger charge is 2.15. The van der Waals surface area contributed by atoms with Crippen LogP contribution in [-0.2, 0) is 11.3 Å². The summed E-state index contributed by atoms with van der Waals surface area (Å²) in [4.78, 5) is 11.8. The molecule has 5 heteroatoms. The molecule has 1 fully saturated rings. The minimum atomic E-state index is 0.157. The Kier molecular flexibility index (Phi) is 5.03. The molecule has 0 bridgehead atoms. The van der Waals surface area contributed by atoms with E-state index in [2.05, 4.69) is 33.0 Å².